The van der Waals surface area contributed by atoms with Crippen LogP contribution in [0.2, 0.25) is 0 Å². The normalized spacial score (nSPS) is 14.4. The van der Waals surface area contributed by atoms with Gasteiger partial charge in [-0.1, -0.05) is 6.92 Å². The molecular formula is C13H15BrFN3O. The van der Waals surface area contributed by atoms with Gasteiger partial charge in [0.25, 0.3) is 0 Å². The summed E-state index contributed by atoms with van der Waals surface area (Å²) in [6, 6.07) is 2.79. The highest BCUT2D eigenvalue weighted by Gasteiger charge is 2.36. The summed E-state index contributed by atoms with van der Waals surface area (Å²) in [6.45, 7) is 4.42. The third-order valence-electron chi connectivity index (χ3n) is 3.15. The molecule has 102 valence electrons. The van der Waals surface area contributed by atoms with Crippen LogP contribution in [-0.2, 0) is 12.1 Å². The van der Waals surface area contributed by atoms with Crippen LogP contribution in [0.15, 0.2) is 29.0 Å². The van der Waals surface area contributed by atoms with Crippen molar-refractivity contribution in [1.29, 1.82) is 0 Å². The number of pyridine rings is 1. The third kappa shape index (κ3) is 2.42. The van der Waals surface area contributed by atoms with E-state index in [-0.39, 0.29) is 0 Å². The topological polar surface area (TPSA) is 50.9 Å². The molecule has 0 saturated heterocycles. The SMILES string of the molecule is CCn1ncc(Br)c1C(O)(CC)c1ccc(F)cn1. The number of aryl methyl sites for hydroxylation is 1. The van der Waals surface area contributed by atoms with Crippen LogP contribution >= 0.6 is 15.9 Å². The number of aliphatic hydroxyl groups is 1. The molecule has 2 aromatic rings. The molecule has 2 aromatic heterocycles. The highest BCUT2D eigenvalue weighted by atomic mass is 79.9. The summed E-state index contributed by atoms with van der Waals surface area (Å²) in [7, 11) is 0. The summed E-state index contributed by atoms with van der Waals surface area (Å²) in [5, 5.41) is 15.2. The minimum Gasteiger partial charge on any atom is -0.377 e. The molecule has 0 saturated carbocycles. The molecule has 1 unspecified atom stereocenters. The molecule has 2 rings (SSSR count). The molecule has 0 aliphatic rings. The molecule has 0 aromatic carbocycles. The van der Waals surface area contributed by atoms with Gasteiger partial charge in [-0.15, -0.1) is 0 Å². The highest BCUT2D eigenvalue weighted by molar-refractivity contribution is 9.10. The third-order valence-corrected chi connectivity index (χ3v) is 3.73. The Bertz CT molecular complexity index is 570. The van der Waals surface area contributed by atoms with Crippen molar-refractivity contribution >= 4 is 15.9 Å². The summed E-state index contributed by atoms with van der Waals surface area (Å²) in [5.41, 5.74) is -0.247. The van der Waals surface area contributed by atoms with Crippen LogP contribution in [0, 0.1) is 5.82 Å². The van der Waals surface area contributed by atoms with E-state index in [0.717, 1.165) is 6.20 Å². The Hall–Kier alpha value is -1.27. The minimum absolute atomic E-state index is 0.410. The summed E-state index contributed by atoms with van der Waals surface area (Å²) in [6.07, 6.45) is 3.16. The molecule has 0 bridgehead atoms. The molecule has 0 radical (unpaired) electrons. The van der Waals surface area contributed by atoms with Crippen LogP contribution in [0.1, 0.15) is 31.7 Å². The van der Waals surface area contributed by atoms with E-state index >= 15 is 0 Å². The van der Waals surface area contributed by atoms with Gasteiger partial charge >= 0.3 is 0 Å². The van der Waals surface area contributed by atoms with Crippen LogP contribution in [-0.4, -0.2) is 19.9 Å². The van der Waals surface area contributed by atoms with Gasteiger partial charge in [-0.2, -0.15) is 5.10 Å². The molecule has 0 spiro atoms. The number of aromatic nitrogens is 3. The predicted molar refractivity (Wildman–Crippen MR) is 73.1 cm³/mol. The first-order valence-corrected chi connectivity index (χ1v) is 6.88. The van der Waals surface area contributed by atoms with E-state index in [2.05, 4.69) is 26.0 Å². The molecule has 0 fully saturated rings. The fourth-order valence-electron chi connectivity index (χ4n) is 2.10. The van der Waals surface area contributed by atoms with Gasteiger partial charge in [-0.25, -0.2) is 4.39 Å². The van der Waals surface area contributed by atoms with Gasteiger partial charge < -0.3 is 5.11 Å². The number of hydrogen-bond acceptors (Lipinski definition) is 3. The van der Waals surface area contributed by atoms with E-state index in [1.807, 2.05) is 13.8 Å². The second-order valence-electron chi connectivity index (χ2n) is 4.23. The van der Waals surface area contributed by atoms with E-state index in [1.54, 1.807) is 10.9 Å². The quantitative estimate of drug-likeness (QED) is 0.939. The molecule has 2 heterocycles. The van der Waals surface area contributed by atoms with Crippen molar-refractivity contribution in [3.63, 3.8) is 0 Å². The largest absolute Gasteiger partial charge is 0.377 e. The van der Waals surface area contributed by atoms with Crippen molar-refractivity contribution in [3.8, 4) is 0 Å². The van der Waals surface area contributed by atoms with Crippen LogP contribution in [0.3, 0.4) is 0 Å². The Morgan fingerprint density at radius 3 is 2.63 bits per heavy atom. The van der Waals surface area contributed by atoms with E-state index in [0.29, 0.717) is 28.8 Å². The Morgan fingerprint density at radius 1 is 1.37 bits per heavy atom. The Balaban J connectivity index is 2.59. The lowest BCUT2D eigenvalue weighted by Gasteiger charge is -2.27. The van der Waals surface area contributed by atoms with Crippen molar-refractivity contribution in [2.45, 2.75) is 32.4 Å². The average molecular weight is 328 g/mol. The van der Waals surface area contributed by atoms with Gasteiger partial charge in [0.05, 0.1) is 28.3 Å². The second-order valence-corrected chi connectivity index (χ2v) is 5.09. The first kappa shape index (κ1) is 14.1. The Labute approximate surface area is 119 Å². The van der Waals surface area contributed by atoms with Crippen LogP contribution < -0.4 is 0 Å². The lowest BCUT2D eigenvalue weighted by molar-refractivity contribution is 0.0613. The lowest BCUT2D eigenvalue weighted by atomic mass is 9.91. The molecule has 1 N–H and O–H groups in total. The maximum absolute atomic E-state index is 13.0. The van der Waals surface area contributed by atoms with Gasteiger partial charge in [0, 0.05) is 6.54 Å². The zero-order valence-electron chi connectivity index (χ0n) is 10.8. The first-order valence-electron chi connectivity index (χ1n) is 6.09. The fourth-order valence-corrected chi connectivity index (χ4v) is 2.73. The molecule has 0 aliphatic heterocycles. The van der Waals surface area contributed by atoms with Crippen LogP contribution in [0.4, 0.5) is 4.39 Å². The van der Waals surface area contributed by atoms with E-state index < -0.39 is 11.4 Å². The fraction of sp³-hybridized carbons (Fsp3) is 0.385. The van der Waals surface area contributed by atoms with Gasteiger partial charge in [-0.3, -0.25) is 9.67 Å². The molecule has 4 nitrogen and oxygen atoms in total. The van der Waals surface area contributed by atoms with Gasteiger partial charge in [0.1, 0.15) is 11.4 Å². The van der Waals surface area contributed by atoms with Crippen molar-refractivity contribution < 1.29 is 9.50 Å². The maximum atomic E-state index is 13.0. The molecule has 0 aliphatic carbocycles. The second kappa shape index (κ2) is 5.38. The van der Waals surface area contributed by atoms with Crippen molar-refractivity contribution in [2.24, 2.45) is 0 Å². The van der Waals surface area contributed by atoms with E-state index in [9.17, 15) is 9.50 Å². The minimum atomic E-state index is -1.29. The molecule has 1 atom stereocenters. The average Bonchev–Trinajstić information content (AvgIpc) is 2.80. The van der Waals surface area contributed by atoms with Gasteiger partial charge in [0.15, 0.2) is 0 Å². The predicted octanol–water partition coefficient (Wildman–Crippen LogP) is 2.85. The van der Waals surface area contributed by atoms with Crippen molar-refractivity contribution in [3.05, 3.63) is 46.2 Å². The van der Waals surface area contributed by atoms with Gasteiger partial charge in [0.2, 0.25) is 0 Å². The van der Waals surface area contributed by atoms with Crippen LogP contribution in [0.5, 0.6) is 0 Å². The molecule has 0 amide bonds. The summed E-state index contributed by atoms with van der Waals surface area (Å²) in [4.78, 5) is 4.01. The summed E-state index contributed by atoms with van der Waals surface area (Å²) < 4.78 is 15.4. The summed E-state index contributed by atoms with van der Waals surface area (Å²) >= 11 is 3.40. The highest BCUT2D eigenvalue weighted by Crippen LogP contribution is 2.36. The first-order chi connectivity index (χ1) is 9.02. The zero-order valence-corrected chi connectivity index (χ0v) is 12.4. The maximum Gasteiger partial charge on any atom is 0.149 e. The standard InChI is InChI=1S/C13H15BrFN3O/c1-3-13(19,11-6-5-9(15)7-16-11)12-10(14)8-17-18(12)4-2/h5-8,19H,3-4H2,1-2H3. The van der Waals surface area contributed by atoms with E-state index in [1.165, 1.54) is 12.1 Å². The van der Waals surface area contributed by atoms with Crippen LogP contribution in [0.25, 0.3) is 0 Å². The molecular weight excluding hydrogens is 313 g/mol. The summed E-state index contributed by atoms with van der Waals surface area (Å²) in [5.74, 6) is -0.426. The number of nitrogens with zero attached hydrogens (tertiary/aromatic N) is 3. The van der Waals surface area contributed by atoms with Gasteiger partial charge in [-0.05, 0) is 41.4 Å². The molecule has 6 heteroatoms. The zero-order chi connectivity index (χ0) is 14.0. The van der Waals surface area contributed by atoms with E-state index in [4.69, 9.17) is 0 Å². The number of rotatable bonds is 4. The molecule has 19 heavy (non-hydrogen) atoms. The number of halogens is 2. The monoisotopic (exact) mass is 327 g/mol. The van der Waals surface area contributed by atoms with Crippen molar-refractivity contribution in [2.75, 3.05) is 0 Å². The Kier molecular flexibility index (Phi) is 4.01. The Morgan fingerprint density at radius 2 is 2.11 bits per heavy atom. The lowest BCUT2D eigenvalue weighted by Crippen LogP contribution is -2.31. The number of hydrogen-bond donors (Lipinski definition) is 1. The smallest absolute Gasteiger partial charge is 0.149 e. The van der Waals surface area contributed by atoms with Crippen molar-refractivity contribution in [1.82, 2.24) is 14.8 Å².